The number of carbonyl (C=O) groups is 1. The molecule has 0 radical (unpaired) electrons. The molecule has 3 N–H and O–H groups in total. The van der Waals surface area contributed by atoms with Crippen molar-refractivity contribution >= 4 is 33.9 Å². The Bertz CT molecular complexity index is 780. The molecule has 3 aromatic rings. The van der Waals surface area contributed by atoms with Gasteiger partial charge in [0, 0.05) is 27.7 Å². The lowest BCUT2D eigenvalue weighted by Crippen LogP contribution is -1.90. The number of carboxylic acids is 1. The minimum atomic E-state index is -0.913. The molecule has 2 aromatic heterocycles. The van der Waals surface area contributed by atoms with Gasteiger partial charge in [-0.3, -0.25) is 4.98 Å². The van der Waals surface area contributed by atoms with E-state index < -0.39 is 5.97 Å². The Labute approximate surface area is 113 Å². The summed E-state index contributed by atoms with van der Waals surface area (Å²) >= 11 is 1.23. The van der Waals surface area contributed by atoms with Crippen LogP contribution in [0.4, 0.5) is 5.69 Å². The number of nitrogens with zero attached hydrogens (tertiary/aromatic N) is 1. The fourth-order valence-corrected chi connectivity index (χ4v) is 2.86. The molecule has 5 heteroatoms. The smallest absolute Gasteiger partial charge is 0.345 e. The van der Waals surface area contributed by atoms with Crippen LogP contribution in [0.5, 0.6) is 0 Å². The van der Waals surface area contributed by atoms with E-state index in [1.54, 1.807) is 24.4 Å². The zero-order chi connectivity index (χ0) is 13.4. The lowest BCUT2D eigenvalue weighted by Gasteiger charge is -2.05. The van der Waals surface area contributed by atoms with Gasteiger partial charge in [-0.2, -0.15) is 0 Å². The van der Waals surface area contributed by atoms with Crippen LogP contribution in [-0.4, -0.2) is 16.1 Å². The Hall–Kier alpha value is -2.40. The van der Waals surface area contributed by atoms with Crippen LogP contribution in [0.3, 0.4) is 0 Å². The highest BCUT2D eigenvalue weighted by atomic mass is 32.1. The highest BCUT2D eigenvalue weighted by molar-refractivity contribution is 7.17. The van der Waals surface area contributed by atoms with Crippen molar-refractivity contribution in [1.82, 2.24) is 4.98 Å². The molecule has 0 fully saturated rings. The normalized spacial score (nSPS) is 10.7. The first-order valence-corrected chi connectivity index (χ1v) is 6.45. The highest BCUT2D eigenvalue weighted by Gasteiger charge is 2.11. The molecule has 0 saturated heterocycles. The molecule has 0 saturated carbocycles. The number of benzene rings is 1. The maximum absolute atomic E-state index is 10.9. The van der Waals surface area contributed by atoms with E-state index in [4.69, 9.17) is 10.8 Å². The van der Waals surface area contributed by atoms with Gasteiger partial charge in [0.05, 0.1) is 5.52 Å². The molecular formula is C14H10N2O2S. The average Bonchev–Trinajstić information content (AvgIpc) is 2.88. The molecule has 2 heterocycles. The molecule has 0 atom stereocenters. The van der Waals surface area contributed by atoms with E-state index >= 15 is 0 Å². The molecule has 0 aliphatic rings. The first kappa shape index (κ1) is 11.7. The summed E-state index contributed by atoms with van der Waals surface area (Å²) < 4.78 is 0. The number of carboxylic acid groups (broad SMARTS) is 1. The topological polar surface area (TPSA) is 76.2 Å². The minimum absolute atomic E-state index is 0.316. The number of hydrogen-bond donors (Lipinski definition) is 2. The molecule has 3 rings (SSSR count). The molecule has 0 amide bonds. The highest BCUT2D eigenvalue weighted by Crippen LogP contribution is 2.34. The lowest BCUT2D eigenvalue weighted by atomic mass is 10.1. The fourth-order valence-electron chi connectivity index (χ4n) is 1.99. The number of pyridine rings is 1. The number of aromatic nitrogens is 1. The third-order valence-electron chi connectivity index (χ3n) is 2.89. The SMILES string of the molecule is Nc1ccnc2c(-c3ccc(C(=O)O)s3)cccc12. The van der Waals surface area contributed by atoms with Gasteiger partial charge in [0.1, 0.15) is 4.88 Å². The second kappa shape index (κ2) is 4.37. The second-order valence-electron chi connectivity index (χ2n) is 4.07. The molecule has 0 aliphatic carbocycles. The molecule has 0 spiro atoms. The zero-order valence-corrected chi connectivity index (χ0v) is 10.6. The predicted molar refractivity (Wildman–Crippen MR) is 76.4 cm³/mol. The van der Waals surface area contributed by atoms with Gasteiger partial charge in [-0.05, 0) is 18.2 Å². The molecule has 19 heavy (non-hydrogen) atoms. The van der Waals surface area contributed by atoms with E-state index in [-0.39, 0.29) is 0 Å². The van der Waals surface area contributed by atoms with Crippen molar-refractivity contribution < 1.29 is 9.90 Å². The maximum Gasteiger partial charge on any atom is 0.345 e. The van der Waals surface area contributed by atoms with Crippen molar-refractivity contribution in [3.63, 3.8) is 0 Å². The first-order valence-electron chi connectivity index (χ1n) is 5.63. The van der Waals surface area contributed by atoms with Crippen LogP contribution in [0.25, 0.3) is 21.3 Å². The largest absolute Gasteiger partial charge is 0.477 e. The van der Waals surface area contributed by atoms with Gasteiger partial charge in [0.25, 0.3) is 0 Å². The first-order chi connectivity index (χ1) is 9.16. The van der Waals surface area contributed by atoms with Gasteiger partial charge >= 0.3 is 5.97 Å². The number of para-hydroxylation sites is 1. The third-order valence-corrected chi connectivity index (χ3v) is 3.99. The molecule has 4 nitrogen and oxygen atoms in total. The number of thiophene rings is 1. The summed E-state index contributed by atoms with van der Waals surface area (Å²) in [6.07, 6.45) is 1.66. The van der Waals surface area contributed by atoms with Gasteiger partial charge in [-0.25, -0.2) is 4.79 Å². The Balaban J connectivity index is 2.24. The van der Waals surface area contributed by atoms with Gasteiger partial charge in [-0.1, -0.05) is 18.2 Å². The average molecular weight is 270 g/mol. The van der Waals surface area contributed by atoms with E-state index in [1.165, 1.54) is 11.3 Å². The fraction of sp³-hybridized carbons (Fsp3) is 0. The quantitative estimate of drug-likeness (QED) is 0.749. The van der Waals surface area contributed by atoms with Gasteiger partial charge < -0.3 is 10.8 Å². The number of anilines is 1. The van der Waals surface area contributed by atoms with Crippen LogP contribution in [0, 0.1) is 0 Å². The summed E-state index contributed by atoms with van der Waals surface area (Å²) in [6.45, 7) is 0. The monoisotopic (exact) mass is 270 g/mol. The number of fused-ring (bicyclic) bond motifs is 1. The molecule has 94 valence electrons. The summed E-state index contributed by atoms with van der Waals surface area (Å²) in [5.74, 6) is -0.913. The maximum atomic E-state index is 10.9. The van der Waals surface area contributed by atoms with Crippen LogP contribution < -0.4 is 5.73 Å². The Morgan fingerprint density at radius 2 is 2.05 bits per heavy atom. The lowest BCUT2D eigenvalue weighted by molar-refractivity contribution is 0.0702. The van der Waals surface area contributed by atoms with Crippen molar-refractivity contribution in [3.05, 3.63) is 47.5 Å². The second-order valence-corrected chi connectivity index (χ2v) is 5.15. The molecule has 0 bridgehead atoms. The Morgan fingerprint density at radius 3 is 2.79 bits per heavy atom. The standard InChI is InChI=1S/C14H10N2O2S/c15-10-6-7-16-13-8(10)2-1-3-9(13)11-4-5-12(19-11)14(17)18/h1-7H,(H2,15,16)(H,17,18). The van der Waals surface area contributed by atoms with E-state index in [1.807, 2.05) is 18.2 Å². The summed E-state index contributed by atoms with van der Waals surface area (Å²) in [5, 5.41) is 9.86. The van der Waals surface area contributed by atoms with Crippen molar-refractivity contribution in [2.24, 2.45) is 0 Å². The summed E-state index contributed by atoms with van der Waals surface area (Å²) in [6, 6.07) is 10.9. The van der Waals surface area contributed by atoms with Crippen LogP contribution in [0.2, 0.25) is 0 Å². The molecular weight excluding hydrogens is 260 g/mol. The number of rotatable bonds is 2. The summed E-state index contributed by atoms with van der Waals surface area (Å²) in [4.78, 5) is 16.5. The number of hydrogen-bond acceptors (Lipinski definition) is 4. The molecule has 0 aliphatic heterocycles. The number of aromatic carboxylic acids is 1. The van der Waals surface area contributed by atoms with Gasteiger partial charge in [-0.15, -0.1) is 11.3 Å². The summed E-state index contributed by atoms with van der Waals surface area (Å²) in [5.41, 5.74) is 8.29. The van der Waals surface area contributed by atoms with Crippen molar-refractivity contribution in [2.75, 3.05) is 5.73 Å². The van der Waals surface area contributed by atoms with E-state index in [0.29, 0.717) is 10.6 Å². The number of nitrogen functional groups attached to an aromatic ring is 1. The van der Waals surface area contributed by atoms with Crippen molar-refractivity contribution in [3.8, 4) is 10.4 Å². The Kier molecular flexibility index (Phi) is 2.68. The minimum Gasteiger partial charge on any atom is -0.477 e. The summed E-state index contributed by atoms with van der Waals surface area (Å²) in [7, 11) is 0. The third kappa shape index (κ3) is 1.94. The van der Waals surface area contributed by atoms with Gasteiger partial charge in [0.2, 0.25) is 0 Å². The molecule has 0 unspecified atom stereocenters. The van der Waals surface area contributed by atoms with Crippen LogP contribution >= 0.6 is 11.3 Å². The molecule has 1 aromatic carbocycles. The van der Waals surface area contributed by atoms with E-state index in [9.17, 15) is 4.79 Å². The van der Waals surface area contributed by atoms with Crippen molar-refractivity contribution in [1.29, 1.82) is 0 Å². The Morgan fingerprint density at radius 1 is 1.21 bits per heavy atom. The van der Waals surface area contributed by atoms with E-state index in [2.05, 4.69) is 4.98 Å². The van der Waals surface area contributed by atoms with Gasteiger partial charge in [0.15, 0.2) is 0 Å². The van der Waals surface area contributed by atoms with Crippen LogP contribution in [0.15, 0.2) is 42.6 Å². The zero-order valence-electron chi connectivity index (χ0n) is 9.83. The number of nitrogens with two attached hydrogens (primary N) is 1. The van der Waals surface area contributed by atoms with E-state index in [0.717, 1.165) is 21.3 Å². The van der Waals surface area contributed by atoms with Crippen molar-refractivity contribution in [2.45, 2.75) is 0 Å². The predicted octanol–water partition coefficient (Wildman–Crippen LogP) is 3.24. The van der Waals surface area contributed by atoms with Crippen LogP contribution in [0.1, 0.15) is 9.67 Å². The van der Waals surface area contributed by atoms with Crippen LogP contribution in [-0.2, 0) is 0 Å².